The lowest BCUT2D eigenvalue weighted by molar-refractivity contribution is -0.142. The molecule has 7 nitrogen and oxygen atoms in total. The molecule has 9 heteroatoms. The van der Waals surface area contributed by atoms with Crippen LogP contribution in [0.5, 0.6) is 11.5 Å². The standard InChI is InChI=1S/C24H23BrN2O5S/c1-3-31-22(29)13-18-15-33-24(26-18)27-21(28)10-9-17-11-19(25)23(20(12-17)30-2)32-14-16-7-5-4-6-8-16/h4-12,15H,3,13-14H2,1-2H3,(H,26,27,28)/b10-9+. The zero-order chi connectivity index (χ0) is 23.6. The van der Waals surface area contributed by atoms with E-state index < -0.39 is 0 Å². The SMILES string of the molecule is CCOC(=O)Cc1csc(NC(=O)/C=C/c2cc(Br)c(OCc3ccccc3)c(OC)c2)n1. The Morgan fingerprint density at radius 1 is 1.21 bits per heavy atom. The van der Waals surface area contributed by atoms with Gasteiger partial charge in [0.15, 0.2) is 16.6 Å². The van der Waals surface area contributed by atoms with Crippen molar-refractivity contribution in [2.45, 2.75) is 20.0 Å². The predicted molar refractivity (Wildman–Crippen MR) is 132 cm³/mol. The number of rotatable bonds is 10. The second-order valence-electron chi connectivity index (χ2n) is 6.76. The lowest BCUT2D eigenvalue weighted by Crippen LogP contribution is -2.09. The molecule has 2 aromatic carbocycles. The Morgan fingerprint density at radius 2 is 2.00 bits per heavy atom. The molecule has 3 rings (SSSR count). The van der Waals surface area contributed by atoms with E-state index in [2.05, 4.69) is 26.2 Å². The van der Waals surface area contributed by atoms with E-state index in [9.17, 15) is 9.59 Å². The van der Waals surface area contributed by atoms with Crippen molar-refractivity contribution >= 4 is 50.4 Å². The van der Waals surface area contributed by atoms with Crippen molar-refractivity contribution < 1.29 is 23.8 Å². The van der Waals surface area contributed by atoms with Gasteiger partial charge in [-0.1, -0.05) is 30.3 Å². The minimum atomic E-state index is -0.351. The second-order valence-corrected chi connectivity index (χ2v) is 8.47. The molecule has 0 aliphatic rings. The predicted octanol–water partition coefficient (Wildman–Crippen LogP) is 5.25. The third-order valence-corrected chi connectivity index (χ3v) is 5.71. The molecule has 1 N–H and O–H groups in total. The van der Waals surface area contributed by atoms with Gasteiger partial charge in [0, 0.05) is 11.5 Å². The highest BCUT2D eigenvalue weighted by Gasteiger charge is 2.12. The Kier molecular flexibility index (Phi) is 9.03. The summed E-state index contributed by atoms with van der Waals surface area (Å²) in [4.78, 5) is 28.1. The first-order valence-electron chi connectivity index (χ1n) is 10.1. The maximum absolute atomic E-state index is 12.3. The van der Waals surface area contributed by atoms with E-state index in [1.807, 2.05) is 36.4 Å². The van der Waals surface area contributed by atoms with Crippen LogP contribution < -0.4 is 14.8 Å². The molecule has 1 heterocycles. The van der Waals surface area contributed by atoms with E-state index in [0.29, 0.717) is 40.0 Å². The zero-order valence-corrected chi connectivity index (χ0v) is 20.6. The molecular formula is C24H23BrN2O5S. The fraction of sp³-hybridized carbons (Fsp3) is 0.208. The van der Waals surface area contributed by atoms with Gasteiger partial charge >= 0.3 is 5.97 Å². The van der Waals surface area contributed by atoms with Crippen LogP contribution in [0.3, 0.4) is 0 Å². The highest BCUT2D eigenvalue weighted by molar-refractivity contribution is 9.10. The first kappa shape index (κ1) is 24.5. The van der Waals surface area contributed by atoms with Gasteiger partial charge in [0.2, 0.25) is 5.91 Å². The summed E-state index contributed by atoms with van der Waals surface area (Å²) in [5, 5.41) is 4.82. The van der Waals surface area contributed by atoms with Crippen molar-refractivity contribution in [2.24, 2.45) is 0 Å². The van der Waals surface area contributed by atoms with E-state index in [1.54, 1.807) is 31.6 Å². The summed E-state index contributed by atoms with van der Waals surface area (Å²) >= 11 is 4.77. The van der Waals surface area contributed by atoms with E-state index in [4.69, 9.17) is 14.2 Å². The number of amides is 1. The number of anilines is 1. The third kappa shape index (κ3) is 7.44. The Labute approximate surface area is 204 Å². The average Bonchev–Trinajstić information content (AvgIpc) is 3.23. The number of halogens is 1. The minimum absolute atomic E-state index is 0.0720. The molecule has 1 aromatic heterocycles. The molecule has 3 aromatic rings. The molecule has 33 heavy (non-hydrogen) atoms. The van der Waals surface area contributed by atoms with Gasteiger partial charge in [0.25, 0.3) is 0 Å². The van der Waals surface area contributed by atoms with Crippen LogP contribution in [0.1, 0.15) is 23.7 Å². The number of thiazole rings is 1. The highest BCUT2D eigenvalue weighted by atomic mass is 79.9. The molecule has 0 atom stereocenters. The number of aromatic nitrogens is 1. The van der Waals surface area contributed by atoms with E-state index >= 15 is 0 Å². The third-order valence-electron chi connectivity index (χ3n) is 4.32. The summed E-state index contributed by atoms with van der Waals surface area (Å²) in [5.41, 5.74) is 2.35. The second kappa shape index (κ2) is 12.2. The Morgan fingerprint density at radius 3 is 2.73 bits per heavy atom. The molecule has 1 amide bonds. The van der Waals surface area contributed by atoms with Crippen LogP contribution in [0, 0.1) is 0 Å². The van der Waals surface area contributed by atoms with E-state index in [0.717, 1.165) is 11.1 Å². The number of ether oxygens (including phenoxy) is 3. The van der Waals surface area contributed by atoms with Crippen LogP contribution in [0.2, 0.25) is 0 Å². The summed E-state index contributed by atoms with van der Waals surface area (Å²) in [7, 11) is 1.56. The molecule has 0 bridgehead atoms. The van der Waals surface area contributed by atoms with Crippen LogP contribution in [0.25, 0.3) is 6.08 Å². The summed E-state index contributed by atoms with van der Waals surface area (Å²) in [6.07, 6.45) is 3.14. The number of hydrogen-bond donors (Lipinski definition) is 1. The number of carbonyl (C=O) groups excluding carboxylic acids is 2. The smallest absolute Gasteiger partial charge is 0.311 e. The van der Waals surface area contributed by atoms with E-state index in [1.165, 1.54) is 17.4 Å². The average molecular weight is 531 g/mol. The van der Waals surface area contributed by atoms with Gasteiger partial charge in [-0.3, -0.25) is 14.9 Å². The van der Waals surface area contributed by atoms with Crippen molar-refractivity contribution in [3.63, 3.8) is 0 Å². The van der Waals surface area contributed by atoms with Crippen LogP contribution in [-0.2, 0) is 27.4 Å². The summed E-state index contributed by atoms with van der Waals surface area (Å²) in [5.74, 6) is 0.437. The fourth-order valence-corrected chi connectivity index (χ4v) is 4.12. The molecule has 0 saturated carbocycles. The van der Waals surface area contributed by atoms with Gasteiger partial charge in [-0.05, 0) is 52.2 Å². The van der Waals surface area contributed by atoms with Crippen LogP contribution in [0.4, 0.5) is 5.13 Å². The molecule has 0 unspecified atom stereocenters. The van der Waals surface area contributed by atoms with Crippen molar-refractivity contribution in [1.82, 2.24) is 4.98 Å². The number of carbonyl (C=O) groups is 2. The molecule has 172 valence electrons. The Balaban J connectivity index is 1.62. The van der Waals surface area contributed by atoms with Crippen LogP contribution >= 0.6 is 27.3 Å². The van der Waals surface area contributed by atoms with Crippen molar-refractivity contribution in [2.75, 3.05) is 19.0 Å². The first-order valence-corrected chi connectivity index (χ1v) is 11.8. The molecular weight excluding hydrogens is 508 g/mol. The monoisotopic (exact) mass is 530 g/mol. The Hall–Kier alpha value is -3.17. The number of methoxy groups -OCH3 is 1. The molecule has 0 fully saturated rings. The van der Waals surface area contributed by atoms with E-state index in [-0.39, 0.29) is 18.3 Å². The van der Waals surface area contributed by atoms with Gasteiger partial charge in [0.1, 0.15) is 6.61 Å². The van der Waals surface area contributed by atoms with Crippen molar-refractivity contribution in [3.8, 4) is 11.5 Å². The zero-order valence-electron chi connectivity index (χ0n) is 18.2. The van der Waals surface area contributed by atoms with Gasteiger partial charge in [-0.15, -0.1) is 11.3 Å². The Bertz CT molecular complexity index is 1130. The highest BCUT2D eigenvalue weighted by Crippen LogP contribution is 2.37. The molecule has 0 radical (unpaired) electrons. The molecule has 0 spiro atoms. The normalized spacial score (nSPS) is 10.8. The number of benzene rings is 2. The van der Waals surface area contributed by atoms with Crippen LogP contribution in [0.15, 0.2) is 58.4 Å². The van der Waals surface area contributed by atoms with Crippen molar-refractivity contribution in [3.05, 3.63) is 75.2 Å². The lowest BCUT2D eigenvalue weighted by atomic mass is 10.2. The summed E-state index contributed by atoms with van der Waals surface area (Å²) in [6.45, 7) is 2.47. The number of nitrogens with one attached hydrogen (secondary N) is 1. The van der Waals surface area contributed by atoms with Crippen LogP contribution in [-0.4, -0.2) is 30.6 Å². The number of hydrogen-bond acceptors (Lipinski definition) is 7. The molecule has 0 aliphatic carbocycles. The first-order chi connectivity index (χ1) is 16.0. The molecule has 0 aliphatic heterocycles. The maximum Gasteiger partial charge on any atom is 0.311 e. The quantitative estimate of drug-likeness (QED) is 0.284. The number of nitrogens with zero attached hydrogens (tertiary/aromatic N) is 1. The summed E-state index contributed by atoms with van der Waals surface area (Å²) < 4.78 is 17.0. The fourth-order valence-electron chi connectivity index (χ4n) is 2.83. The molecule has 0 saturated heterocycles. The maximum atomic E-state index is 12.3. The summed E-state index contributed by atoms with van der Waals surface area (Å²) in [6, 6.07) is 13.5. The van der Waals surface area contributed by atoms with Crippen molar-refractivity contribution in [1.29, 1.82) is 0 Å². The largest absolute Gasteiger partial charge is 0.493 e. The topological polar surface area (TPSA) is 86.8 Å². The lowest BCUT2D eigenvalue weighted by Gasteiger charge is -2.13. The van der Waals surface area contributed by atoms with Gasteiger partial charge in [0.05, 0.1) is 30.3 Å². The van der Waals surface area contributed by atoms with Gasteiger partial charge in [-0.2, -0.15) is 0 Å². The minimum Gasteiger partial charge on any atom is -0.493 e. The van der Waals surface area contributed by atoms with Gasteiger partial charge < -0.3 is 14.2 Å². The van der Waals surface area contributed by atoms with Gasteiger partial charge in [-0.25, -0.2) is 4.98 Å². The number of esters is 1.